The Labute approximate surface area is 367 Å². The molecule has 1 atom stereocenters. The van der Waals surface area contributed by atoms with E-state index >= 15 is 0 Å². The van der Waals surface area contributed by atoms with Gasteiger partial charge in [-0.25, -0.2) is 0 Å². The maximum atomic E-state index is 6.67. The third-order valence-electron chi connectivity index (χ3n) is 10.6. The quantitative estimate of drug-likeness (QED) is 0.0904. The van der Waals surface area contributed by atoms with E-state index in [1.807, 2.05) is 0 Å². The molecule has 318 valence electrons. The Morgan fingerprint density at radius 1 is 0.431 bits per heavy atom. The third-order valence-corrected chi connectivity index (χ3v) is 14.2. The molecule has 6 rings (SSSR count). The Morgan fingerprint density at radius 2 is 0.724 bits per heavy atom. The van der Waals surface area contributed by atoms with Crippen LogP contribution in [0.5, 0.6) is 23.0 Å². The Morgan fingerprint density at radius 3 is 1.00 bits per heavy atom. The number of para-hydroxylation sites is 4. The SMILES string of the molecule is CC(C)(C)c1ccccc1OP(Oc1ccccc1C(C)(C)C)C1CCCC1.CC(C)(C)c1ccccc1OP(Oc1ccccc1C(C)(C)C)C1[CH-]CCC1.[CH3-].[Fe+2]. The Balaban J connectivity index is 0.000000300. The van der Waals surface area contributed by atoms with Crippen molar-refractivity contribution < 1.29 is 35.2 Å². The number of hydrogen-bond acceptors (Lipinski definition) is 4. The van der Waals surface area contributed by atoms with Crippen molar-refractivity contribution in [3.05, 3.63) is 133 Å². The zero-order valence-electron chi connectivity index (χ0n) is 37.8. The van der Waals surface area contributed by atoms with E-state index in [1.54, 1.807) is 0 Å². The predicted octanol–water partition coefficient (Wildman–Crippen LogP) is 16.2. The van der Waals surface area contributed by atoms with Crippen LogP contribution in [0.3, 0.4) is 0 Å². The number of benzene rings is 4. The molecule has 0 heterocycles. The molecule has 2 aliphatic carbocycles. The summed E-state index contributed by atoms with van der Waals surface area (Å²) in [7, 11) is -2.14. The number of hydrogen-bond donors (Lipinski definition) is 0. The van der Waals surface area contributed by atoms with E-state index < -0.39 is 16.8 Å². The summed E-state index contributed by atoms with van der Waals surface area (Å²) in [6.45, 7) is 26.8. The largest absolute Gasteiger partial charge is 2.00 e. The zero-order chi connectivity index (χ0) is 40.7. The van der Waals surface area contributed by atoms with Crippen LogP contribution in [-0.2, 0) is 38.7 Å². The normalized spacial score (nSPS) is 16.2. The van der Waals surface area contributed by atoms with Crippen LogP contribution in [0.4, 0.5) is 0 Å². The van der Waals surface area contributed by atoms with Crippen molar-refractivity contribution in [1.29, 1.82) is 0 Å². The van der Waals surface area contributed by atoms with Gasteiger partial charge in [0.1, 0.15) is 23.0 Å². The summed E-state index contributed by atoms with van der Waals surface area (Å²) < 4.78 is 26.6. The van der Waals surface area contributed by atoms with Gasteiger partial charge in [0.2, 0.25) is 0 Å². The second-order valence-corrected chi connectivity index (χ2v) is 22.9. The van der Waals surface area contributed by atoms with E-state index in [9.17, 15) is 0 Å². The van der Waals surface area contributed by atoms with Crippen LogP contribution in [0.1, 0.15) is 150 Å². The van der Waals surface area contributed by atoms with Crippen LogP contribution in [0, 0.1) is 13.8 Å². The molecule has 58 heavy (non-hydrogen) atoms. The molecule has 0 aromatic heterocycles. The molecule has 2 fully saturated rings. The van der Waals surface area contributed by atoms with E-state index in [-0.39, 0.29) is 46.2 Å². The molecule has 0 N–H and O–H groups in total. The van der Waals surface area contributed by atoms with Gasteiger partial charge < -0.3 is 31.9 Å². The third kappa shape index (κ3) is 13.7. The minimum absolute atomic E-state index is 0. The van der Waals surface area contributed by atoms with E-state index in [0.717, 1.165) is 35.8 Å². The van der Waals surface area contributed by atoms with Crippen LogP contribution < -0.4 is 18.1 Å². The van der Waals surface area contributed by atoms with Crippen molar-refractivity contribution in [2.24, 2.45) is 0 Å². The second-order valence-electron chi connectivity index (χ2n) is 19.6. The minimum Gasteiger partial charge on any atom is -0.440 e. The van der Waals surface area contributed by atoms with Gasteiger partial charge in [-0.2, -0.15) is 6.42 Å². The molecular formula is C51H72FeO4P2. The summed E-state index contributed by atoms with van der Waals surface area (Å²) in [6, 6.07) is 33.7. The summed E-state index contributed by atoms with van der Waals surface area (Å²) >= 11 is 0. The molecule has 0 aliphatic heterocycles. The van der Waals surface area contributed by atoms with Gasteiger partial charge in [0.25, 0.3) is 16.8 Å². The van der Waals surface area contributed by atoms with Crippen LogP contribution in [0.15, 0.2) is 97.1 Å². The van der Waals surface area contributed by atoms with Crippen molar-refractivity contribution >= 4 is 16.8 Å². The van der Waals surface area contributed by atoms with Gasteiger partial charge in [-0.15, -0.1) is 0 Å². The van der Waals surface area contributed by atoms with Crippen molar-refractivity contribution in [3.63, 3.8) is 0 Å². The fraction of sp³-hybridized carbons (Fsp3) is 0.490. The summed E-state index contributed by atoms with van der Waals surface area (Å²) in [6.07, 6.45) is 10.8. The van der Waals surface area contributed by atoms with E-state index in [4.69, 9.17) is 18.1 Å². The molecule has 2 saturated carbocycles. The van der Waals surface area contributed by atoms with E-state index in [0.29, 0.717) is 11.3 Å². The van der Waals surface area contributed by atoms with Gasteiger partial charge in [-0.3, -0.25) is 0 Å². The summed E-state index contributed by atoms with van der Waals surface area (Å²) in [5.41, 5.74) is 5.95. The monoisotopic (exact) mass is 866 g/mol. The first-order valence-corrected chi connectivity index (χ1v) is 23.3. The van der Waals surface area contributed by atoms with Gasteiger partial charge in [0.05, 0.1) is 5.66 Å². The Bertz CT molecular complexity index is 1580. The maximum Gasteiger partial charge on any atom is 2.00 e. The average Bonchev–Trinajstić information content (AvgIpc) is 3.87. The Kier molecular flexibility index (Phi) is 18.3. The van der Waals surface area contributed by atoms with Crippen molar-refractivity contribution in [2.75, 3.05) is 0 Å². The van der Waals surface area contributed by atoms with Crippen molar-refractivity contribution in [1.82, 2.24) is 0 Å². The summed E-state index contributed by atoms with van der Waals surface area (Å²) in [4.78, 5) is 0. The molecule has 1 unspecified atom stereocenters. The molecule has 0 amide bonds. The van der Waals surface area contributed by atoms with Gasteiger partial charge in [-0.05, 0) is 81.0 Å². The fourth-order valence-corrected chi connectivity index (χ4v) is 11.0. The molecule has 2 aliphatic rings. The summed E-state index contributed by atoms with van der Waals surface area (Å²) in [5.74, 6) is 3.85. The van der Waals surface area contributed by atoms with Crippen LogP contribution in [0.2, 0.25) is 0 Å². The average molecular weight is 867 g/mol. The smallest absolute Gasteiger partial charge is 0.440 e. The molecular weight excluding hydrogens is 794 g/mol. The first kappa shape index (κ1) is 49.8. The zero-order valence-corrected chi connectivity index (χ0v) is 40.7. The van der Waals surface area contributed by atoms with Crippen molar-refractivity contribution in [3.8, 4) is 23.0 Å². The molecule has 4 nitrogen and oxygen atoms in total. The Hall–Kier alpha value is -2.54. The molecule has 4 aromatic rings. The molecule has 7 heteroatoms. The molecule has 4 aromatic carbocycles. The molecule has 0 spiro atoms. The van der Waals surface area contributed by atoms with Crippen molar-refractivity contribution in [2.45, 2.75) is 161 Å². The van der Waals surface area contributed by atoms with E-state index in [1.165, 1.54) is 54.4 Å². The topological polar surface area (TPSA) is 36.9 Å². The standard InChI is InChI=1S/C25H35O2P.C25H34O2P.CH3.Fe/c2*1-24(2,3)20-15-9-11-17-22(20)26-28(19-13-7-8-14-19)27-23-18-12-10-16-21(23)25(4,5)6;;/h9-12,15-19H,7-8,13-14H2,1-6H3;9-13,15-19H,7-8,14H2,1-6H3;1H3;/q;2*-1;+2. The fourth-order valence-electron chi connectivity index (χ4n) is 7.43. The van der Waals surface area contributed by atoms with Crippen LogP contribution in [-0.4, -0.2) is 11.3 Å². The maximum absolute atomic E-state index is 6.67. The minimum atomic E-state index is -1.10. The summed E-state index contributed by atoms with van der Waals surface area (Å²) in [5, 5.41) is 0. The second kappa shape index (κ2) is 21.3. The van der Waals surface area contributed by atoms with E-state index in [2.05, 4.69) is 187 Å². The van der Waals surface area contributed by atoms with Gasteiger partial charge in [-0.1, -0.05) is 187 Å². The molecule has 0 saturated heterocycles. The predicted molar refractivity (Wildman–Crippen MR) is 248 cm³/mol. The number of rotatable bonds is 10. The van der Waals surface area contributed by atoms with Crippen LogP contribution >= 0.6 is 16.8 Å². The van der Waals surface area contributed by atoms with Gasteiger partial charge >= 0.3 is 17.1 Å². The van der Waals surface area contributed by atoms with Gasteiger partial charge in [0.15, 0.2) is 0 Å². The molecule has 0 bridgehead atoms. The molecule has 0 radical (unpaired) electrons. The first-order chi connectivity index (χ1) is 26.3. The first-order valence-electron chi connectivity index (χ1n) is 20.8. The van der Waals surface area contributed by atoms with Gasteiger partial charge in [0, 0.05) is 0 Å². The van der Waals surface area contributed by atoms with Crippen LogP contribution in [0.25, 0.3) is 0 Å².